The summed E-state index contributed by atoms with van der Waals surface area (Å²) in [6.07, 6.45) is 0. The molecular formula is C17H19ClFNO. The van der Waals surface area contributed by atoms with Crippen LogP contribution in [-0.2, 0) is 0 Å². The lowest BCUT2D eigenvalue weighted by Crippen LogP contribution is -2.17. The Labute approximate surface area is 129 Å². The zero-order chi connectivity index (χ0) is 15.4. The maximum absolute atomic E-state index is 14.1. The number of methoxy groups -OCH3 is 1. The van der Waals surface area contributed by atoms with Crippen LogP contribution >= 0.6 is 11.6 Å². The highest BCUT2D eigenvalue weighted by Gasteiger charge is 2.12. The average molecular weight is 308 g/mol. The molecule has 0 bridgehead atoms. The molecule has 1 unspecified atom stereocenters. The van der Waals surface area contributed by atoms with Crippen molar-refractivity contribution < 1.29 is 9.13 Å². The van der Waals surface area contributed by atoms with Gasteiger partial charge in [-0.3, -0.25) is 0 Å². The van der Waals surface area contributed by atoms with Gasteiger partial charge in [0.05, 0.1) is 7.11 Å². The van der Waals surface area contributed by atoms with E-state index in [1.54, 1.807) is 18.2 Å². The molecule has 0 heterocycles. The van der Waals surface area contributed by atoms with Crippen molar-refractivity contribution in [3.8, 4) is 16.9 Å². The number of ether oxygens (including phenoxy) is 1. The summed E-state index contributed by atoms with van der Waals surface area (Å²) in [7, 11) is 1.52. The van der Waals surface area contributed by atoms with Crippen molar-refractivity contribution >= 4 is 11.6 Å². The third kappa shape index (κ3) is 3.55. The minimum Gasteiger partial charge on any atom is -0.497 e. The van der Waals surface area contributed by atoms with E-state index < -0.39 is 0 Å². The van der Waals surface area contributed by atoms with Crippen LogP contribution in [0.1, 0.15) is 25.5 Å². The largest absolute Gasteiger partial charge is 0.497 e. The van der Waals surface area contributed by atoms with Gasteiger partial charge in [0, 0.05) is 22.7 Å². The predicted octanol–water partition coefficient (Wildman–Crippen LogP) is 4.83. The molecule has 4 heteroatoms. The SMILES string of the molecule is CCNC(C)c1ccc(-c2ccc(OC)cc2F)cc1Cl. The smallest absolute Gasteiger partial charge is 0.134 e. The van der Waals surface area contributed by atoms with E-state index in [4.69, 9.17) is 16.3 Å². The summed E-state index contributed by atoms with van der Waals surface area (Å²) >= 11 is 6.33. The molecule has 0 radical (unpaired) electrons. The molecule has 2 rings (SSSR count). The van der Waals surface area contributed by atoms with Gasteiger partial charge in [-0.05, 0) is 42.8 Å². The van der Waals surface area contributed by atoms with E-state index >= 15 is 0 Å². The molecule has 2 aromatic rings. The van der Waals surface area contributed by atoms with Crippen molar-refractivity contribution in [1.82, 2.24) is 5.32 Å². The summed E-state index contributed by atoms with van der Waals surface area (Å²) in [5, 5.41) is 3.95. The van der Waals surface area contributed by atoms with Crippen LogP contribution in [0.5, 0.6) is 5.75 Å². The van der Waals surface area contributed by atoms with Gasteiger partial charge in [-0.2, -0.15) is 0 Å². The first-order valence-corrected chi connectivity index (χ1v) is 7.31. The van der Waals surface area contributed by atoms with Gasteiger partial charge in [0.1, 0.15) is 11.6 Å². The summed E-state index contributed by atoms with van der Waals surface area (Å²) in [5.41, 5.74) is 2.28. The molecule has 0 aliphatic rings. The maximum Gasteiger partial charge on any atom is 0.134 e. The lowest BCUT2D eigenvalue weighted by Gasteiger charge is -2.15. The van der Waals surface area contributed by atoms with Crippen LogP contribution in [0.4, 0.5) is 4.39 Å². The Balaban J connectivity index is 2.36. The minimum atomic E-state index is -0.321. The van der Waals surface area contributed by atoms with Crippen LogP contribution in [0, 0.1) is 5.82 Å². The van der Waals surface area contributed by atoms with E-state index in [0.29, 0.717) is 16.3 Å². The van der Waals surface area contributed by atoms with E-state index in [9.17, 15) is 4.39 Å². The van der Waals surface area contributed by atoms with Crippen LogP contribution in [0.2, 0.25) is 5.02 Å². The first kappa shape index (κ1) is 15.8. The maximum atomic E-state index is 14.1. The Morgan fingerprint density at radius 1 is 1.24 bits per heavy atom. The molecule has 0 aromatic heterocycles. The Hall–Kier alpha value is -1.58. The molecule has 1 N–H and O–H groups in total. The second-order valence-electron chi connectivity index (χ2n) is 4.86. The summed E-state index contributed by atoms with van der Waals surface area (Å²) in [5.74, 6) is 0.178. The predicted molar refractivity (Wildman–Crippen MR) is 85.5 cm³/mol. The topological polar surface area (TPSA) is 21.3 Å². The molecule has 0 saturated heterocycles. The summed E-state index contributed by atoms with van der Waals surface area (Å²) in [4.78, 5) is 0. The number of nitrogens with one attached hydrogen (secondary N) is 1. The summed E-state index contributed by atoms with van der Waals surface area (Å²) < 4.78 is 19.1. The highest BCUT2D eigenvalue weighted by molar-refractivity contribution is 6.31. The molecule has 2 aromatic carbocycles. The molecule has 2 nitrogen and oxygen atoms in total. The molecule has 0 aliphatic heterocycles. The van der Waals surface area contributed by atoms with E-state index in [1.165, 1.54) is 13.2 Å². The van der Waals surface area contributed by atoms with Gasteiger partial charge in [0.2, 0.25) is 0 Å². The monoisotopic (exact) mass is 307 g/mol. The standard InChI is InChI=1S/C17H19ClFNO/c1-4-20-11(2)14-7-5-12(9-16(14)18)15-8-6-13(21-3)10-17(15)19/h5-11,20H,4H2,1-3H3. The van der Waals surface area contributed by atoms with E-state index in [-0.39, 0.29) is 11.9 Å². The molecule has 0 fully saturated rings. The third-order valence-electron chi connectivity index (χ3n) is 3.46. The fraction of sp³-hybridized carbons (Fsp3) is 0.294. The van der Waals surface area contributed by atoms with Crippen molar-refractivity contribution in [2.24, 2.45) is 0 Å². The van der Waals surface area contributed by atoms with Gasteiger partial charge in [0.25, 0.3) is 0 Å². The van der Waals surface area contributed by atoms with Crippen LogP contribution in [0.3, 0.4) is 0 Å². The average Bonchev–Trinajstić information content (AvgIpc) is 2.47. The fourth-order valence-corrected chi connectivity index (χ4v) is 2.66. The Bertz CT molecular complexity index is 630. The summed E-state index contributed by atoms with van der Waals surface area (Å²) in [6, 6.07) is 10.6. The third-order valence-corrected chi connectivity index (χ3v) is 3.79. The quantitative estimate of drug-likeness (QED) is 0.854. The summed E-state index contributed by atoms with van der Waals surface area (Å²) in [6.45, 7) is 4.97. The first-order chi connectivity index (χ1) is 10.1. The first-order valence-electron chi connectivity index (χ1n) is 6.93. The molecule has 0 saturated carbocycles. The van der Waals surface area contributed by atoms with Crippen molar-refractivity contribution in [2.75, 3.05) is 13.7 Å². The highest BCUT2D eigenvalue weighted by Crippen LogP contribution is 2.31. The van der Waals surface area contributed by atoms with Crippen LogP contribution in [0.15, 0.2) is 36.4 Å². The van der Waals surface area contributed by atoms with Crippen molar-refractivity contribution in [3.05, 3.63) is 52.8 Å². The number of halogens is 2. The Morgan fingerprint density at radius 2 is 2.00 bits per heavy atom. The highest BCUT2D eigenvalue weighted by atomic mass is 35.5. The van der Waals surface area contributed by atoms with E-state index in [0.717, 1.165) is 17.7 Å². The van der Waals surface area contributed by atoms with Gasteiger partial charge in [0.15, 0.2) is 0 Å². The number of hydrogen-bond acceptors (Lipinski definition) is 2. The molecule has 112 valence electrons. The van der Waals surface area contributed by atoms with Gasteiger partial charge >= 0.3 is 0 Å². The van der Waals surface area contributed by atoms with Gasteiger partial charge in [-0.15, -0.1) is 0 Å². The van der Waals surface area contributed by atoms with E-state index in [1.807, 2.05) is 19.1 Å². The van der Waals surface area contributed by atoms with Gasteiger partial charge in [-0.1, -0.05) is 30.7 Å². The molecule has 0 amide bonds. The number of rotatable bonds is 5. The lowest BCUT2D eigenvalue weighted by atomic mass is 10.0. The second-order valence-corrected chi connectivity index (χ2v) is 5.27. The molecule has 0 spiro atoms. The second kappa shape index (κ2) is 6.92. The van der Waals surface area contributed by atoms with Crippen LogP contribution < -0.4 is 10.1 Å². The molecule has 1 atom stereocenters. The fourth-order valence-electron chi connectivity index (χ4n) is 2.32. The van der Waals surface area contributed by atoms with Crippen LogP contribution in [0.25, 0.3) is 11.1 Å². The molecule has 0 aliphatic carbocycles. The Morgan fingerprint density at radius 3 is 2.57 bits per heavy atom. The zero-order valence-corrected chi connectivity index (χ0v) is 13.2. The van der Waals surface area contributed by atoms with E-state index in [2.05, 4.69) is 12.2 Å². The molecular weight excluding hydrogens is 289 g/mol. The van der Waals surface area contributed by atoms with Gasteiger partial charge < -0.3 is 10.1 Å². The van der Waals surface area contributed by atoms with Crippen molar-refractivity contribution in [3.63, 3.8) is 0 Å². The molecule has 21 heavy (non-hydrogen) atoms. The van der Waals surface area contributed by atoms with Crippen molar-refractivity contribution in [2.45, 2.75) is 19.9 Å². The zero-order valence-electron chi connectivity index (χ0n) is 12.4. The van der Waals surface area contributed by atoms with Gasteiger partial charge in [-0.25, -0.2) is 4.39 Å². The Kier molecular flexibility index (Phi) is 5.21. The number of hydrogen-bond donors (Lipinski definition) is 1. The lowest BCUT2D eigenvalue weighted by molar-refractivity contribution is 0.411. The van der Waals surface area contributed by atoms with Crippen molar-refractivity contribution in [1.29, 1.82) is 0 Å². The minimum absolute atomic E-state index is 0.164. The number of benzene rings is 2. The van der Waals surface area contributed by atoms with Crippen LogP contribution in [-0.4, -0.2) is 13.7 Å². The normalized spacial score (nSPS) is 12.2.